The van der Waals surface area contributed by atoms with Crippen LogP contribution in [0.1, 0.15) is 11.1 Å². The minimum Gasteiger partial charge on any atom is -0.497 e. The molecule has 0 spiro atoms. The molecule has 4 rings (SSSR count). The Morgan fingerprint density at radius 2 is 1.68 bits per heavy atom. The van der Waals surface area contributed by atoms with E-state index in [2.05, 4.69) is 5.32 Å². The van der Waals surface area contributed by atoms with Gasteiger partial charge in [-0.25, -0.2) is 9.29 Å². The fourth-order valence-corrected chi connectivity index (χ4v) is 3.65. The van der Waals surface area contributed by atoms with Crippen molar-refractivity contribution in [3.63, 3.8) is 0 Å². The van der Waals surface area contributed by atoms with Gasteiger partial charge in [0.25, 0.3) is 11.8 Å². The second-order valence-electron chi connectivity index (χ2n) is 6.96. The lowest BCUT2D eigenvalue weighted by molar-refractivity contribution is -0.120. The Hall–Kier alpha value is -3.64. The first kappa shape index (κ1) is 20.6. The summed E-state index contributed by atoms with van der Waals surface area (Å²) in [6, 6.07) is 17.6. The Bertz CT molecular complexity index is 1220. The highest BCUT2D eigenvalue weighted by Crippen LogP contribution is 2.36. The average molecular weight is 437 g/mol. The number of carbonyl (C=O) groups is 2. The van der Waals surface area contributed by atoms with E-state index in [-0.39, 0.29) is 17.0 Å². The van der Waals surface area contributed by atoms with Crippen LogP contribution in [-0.2, 0) is 9.59 Å². The molecule has 156 valence electrons. The van der Waals surface area contributed by atoms with Crippen molar-refractivity contribution in [3.8, 4) is 5.75 Å². The van der Waals surface area contributed by atoms with E-state index in [9.17, 15) is 14.0 Å². The average Bonchev–Trinajstić information content (AvgIpc) is 3.00. The molecule has 1 aliphatic heterocycles. The van der Waals surface area contributed by atoms with Gasteiger partial charge in [-0.15, -0.1) is 0 Å². The molecule has 0 saturated heterocycles. The van der Waals surface area contributed by atoms with Gasteiger partial charge >= 0.3 is 0 Å². The van der Waals surface area contributed by atoms with Crippen LogP contribution in [-0.4, -0.2) is 18.9 Å². The van der Waals surface area contributed by atoms with Crippen molar-refractivity contribution in [1.29, 1.82) is 0 Å². The van der Waals surface area contributed by atoms with Gasteiger partial charge in [-0.2, -0.15) is 0 Å². The fraction of sp³-hybridized carbons (Fsp3) is 0.0833. The molecule has 2 amide bonds. The van der Waals surface area contributed by atoms with Crippen LogP contribution in [0.25, 0.3) is 5.57 Å². The molecule has 1 N–H and O–H groups in total. The lowest BCUT2D eigenvalue weighted by Gasteiger charge is -2.16. The first-order valence-electron chi connectivity index (χ1n) is 9.46. The van der Waals surface area contributed by atoms with Gasteiger partial charge in [0, 0.05) is 10.7 Å². The second-order valence-corrected chi connectivity index (χ2v) is 7.40. The van der Waals surface area contributed by atoms with Gasteiger partial charge in [-0.1, -0.05) is 35.9 Å². The van der Waals surface area contributed by atoms with Crippen LogP contribution < -0.4 is 15.0 Å². The molecular weight excluding hydrogens is 419 g/mol. The van der Waals surface area contributed by atoms with Crippen LogP contribution in [0.15, 0.2) is 72.4 Å². The fourth-order valence-electron chi connectivity index (χ4n) is 3.43. The predicted molar refractivity (Wildman–Crippen MR) is 119 cm³/mol. The third-order valence-electron chi connectivity index (χ3n) is 5.00. The van der Waals surface area contributed by atoms with Crippen LogP contribution in [0.5, 0.6) is 5.75 Å². The molecule has 5 nitrogen and oxygen atoms in total. The SMILES string of the molecule is COc1ccc(C2=C(Nc3ccc(Cl)cc3C)C(=O)N(c3ccccc3F)C2=O)cc1. The van der Waals surface area contributed by atoms with E-state index in [0.717, 1.165) is 10.5 Å². The number of benzene rings is 3. The molecule has 0 aromatic heterocycles. The Balaban J connectivity index is 1.85. The van der Waals surface area contributed by atoms with Crippen LogP contribution >= 0.6 is 11.6 Å². The van der Waals surface area contributed by atoms with Crippen LogP contribution in [0, 0.1) is 12.7 Å². The number of anilines is 2. The summed E-state index contributed by atoms with van der Waals surface area (Å²) in [5.74, 6) is -1.32. The molecule has 0 atom stereocenters. The van der Waals surface area contributed by atoms with E-state index >= 15 is 0 Å². The van der Waals surface area contributed by atoms with E-state index in [4.69, 9.17) is 16.3 Å². The van der Waals surface area contributed by atoms with E-state index in [1.54, 1.807) is 48.5 Å². The number of amides is 2. The van der Waals surface area contributed by atoms with Crippen LogP contribution in [0.2, 0.25) is 5.02 Å². The number of hydrogen-bond acceptors (Lipinski definition) is 4. The number of aryl methyl sites for hydroxylation is 1. The van der Waals surface area contributed by atoms with Crippen LogP contribution in [0.4, 0.5) is 15.8 Å². The van der Waals surface area contributed by atoms with Gasteiger partial charge in [0.2, 0.25) is 0 Å². The summed E-state index contributed by atoms with van der Waals surface area (Å²) in [6.07, 6.45) is 0. The van der Waals surface area contributed by atoms with E-state index in [0.29, 0.717) is 22.0 Å². The number of carbonyl (C=O) groups excluding carboxylic acids is 2. The van der Waals surface area contributed by atoms with Gasteiger partial charge < -0.3 is 10.1 Å². The van der Waals surface area contributed by atoms with Crippen LogP contribution in [0.3, 0.4) is 0 Å². The van der Waals surface area contributed by atoms with E-state index in [1.807, 2.05) is 6.92 Å². The molecule has 7 heteroatoms. The number of ether oxygens (including phenoxy) is 1. The first-order valence-corrected chi connectivity index (χ1v) is 9.83. The minimum absolute atomic E-state index is 0.0591. The van der Waals surface area contributed by atoms with Gasteiger partial charge in [-0.3, -0.25) is 9.59 Å². The number of methoxy groups -OCH3 is 1. The molecule has 0 fully saturated rings. The maximum atomic E-state index is 14.5. The topological polar surface area (TPSA) is 58.6 Å². The maximum Gasteiger partial charge on any atom is 0.282 e. The van der Waals surface area contributed by atoms with Crippen molar-refractivity contribution >= 4 is 40.4 Å². The lowest BCUT2D eigenvalue weighted by Crippen LogP contribution is -2.33. The predicted octanol–water partition coefficient (Wildman–Crippen LogP) is 5.19. The van der Waals surface area contributed by atoms with Gasteiger partial charge in [0.15, 0.2) is 0 Å². The Morgan fingerprint density at radius 3 is 2.32 bits per heavy atom. The molecule has 3 aromatic carbocycles. The number of nitrogens with zero attached hydrogens (tertiary/aromatic N) is 1. The summed E-state index contributed by atoms with van der Waals surface area (Å²) in [5.41, 5.74) is 2.01. The zero-order valence-corrected chi connectivity index (χ0v) is 17.5. The van der Waals surface area contributed by atoms with Gasteiger partial charge in [0.1, 0.15) is 17.3 Å². The number of hydrogen-bond donors (Lipinski definition) is 1. The van der Waals surface area contributed by atoms with E-state index < -0.39 is 17.6 Å². The highest BCUT2D eigenvalue weighted by atomic mass is 35.5. The van der Waals surface area contributed by atoms with Crippen molar-refractivity contribution in [1.82, 2.24) is 0 Å². The molecule has 1 heterocycles. The standard InChI is InChI=1S/C24H18ClFN2O3/c1-14-13-16(25)9-12-19(14)27-22-21(15-7-10-17(31-2)11-8-15)23(29)28(24(22)30)20-6-4-3-5-18(20)26/h3-13,27H,1-2H3. The zero-order valence-electron chi connectivity index (χ0n) is 16.8. The summed E-state index contributed by atoms with van der Waals surface area (Å²) < 4.78 is 19.6. The zero-order chi connectivity index (χ0) is 22.1. The van der Waals surface area contributed by atoms with Crippen molar-refractivity contribution < 1.29 is 18.7 Å². The number of nitrogens with one attached hydrogen (secondary N) is 1. The van der Waals surface area contributed by atoms with Crippen molar-refractivity contribution in [3.05, 3.63) is 94.4 Å². The molecule has 0 radical (unpaired) electrons. The third kappa shape index (κ3) is 3.78. The molecule has 31 heavy (non-hydrogen) atoms. The molecule has 0 saturated carbocycles. The summed E-state index contributed by atoms with van der Waals surface area (Å²) in [7, 11) is 1.54. The number of rotatable bonds is 5. The van der Waals surface area contributed by atoms with Gasteiger partial charge in [0.05, 0.1) is 18.4 Å². The highest BCUT2D eigenvalue weighted by Gasteiger charge is 2.41. The number of imide groups is 1. The first-order chi connectivity index (χ1) is 14.9. The Kier molecular flexibility index (Phi) is 5.48. The molecular formula is C24H18ClFN2O3. The summed E-state index contributed by atoms with van der Waals surface area (Å²) in [6.45, 7) is 1.83. The number of para-hydroxylation sites is 1. The Morgan fingerprint density at radius 1 is 0.968 bits per heavy atom. The van der Waals surface area contributed by atoms with E-state index in [1.165, 1.54) is 25.3 Å². The maximum absolute atomic E-state index is 14.5. The molecule has 3 aromatic rings. The summed E-state index contributed by atoms with van der Waals surface area (Å²) >= 11 is 6.04. The second kappa shape index (κ2) is 8.24. The largest absolute Gasteiger partial charge is 0.497 e. The quantitative estimate of drug-likeness (QED) is 0.559. The highest BCUT2D eigenvalue weighted by molar-refractivity contribution is 6.46. The van der Waals surface area contributed by atoms with Gasteiger partial charge in [-0.05, 0) is 60.5 Å². The molecule has 0 aliphatic carbocycles. The van der Waals surface area contributed by atoms with Crippen molar-refractivity contribution in [2.75, 3.05) is 17.3 Å². The number of halogens is 2. The van der Waals surface area contributed by atoms with Crippen molar-refractivity contribution in [2.24, 2.45) is 0 Å². The summed E-state index contributed by atoms with van der Waals surface area (Å²) in [4.78, 5) is 27.5. The normalized spacial score (nSPS) is 13.7. The minimum atomic E-state index is -0.665. The summed E-state index contributed by atoms with van der Waals surface area (Å²) in [5, 5.41) is 3.62. The smallest absolute Gasteiger partial charge is 0.282 e. The Labute approximate surface area is 183 Å². The molecule has 0 bridgehead atoms. The third-order valence-corrected chi connectivity index (χ3v) is 5.24. The molecule has 0 unspecified atom stereocenters. The monoisotopic (exact) mass is 436 g/mol. The lowest BCUT2D eigenvalue weighted by atomic mass is 10.0. The van der Waals surface area contributed by atoms with Crippen molar-refractivity contribution in [2.45, 2.75) is 6.92 Å². The molecule has 1 aliphatic rings.